The van der Waals surface area contributed by atoms with Gasteiger partial charge in [0.05, 0.1) is 39.3 Å². The molecule has 8 heteroatoms. The average molecular weight is 331 g/mol. The molecule has 1 fully saturated rings. The van der Waals surface area contributed by atoms with Gasteiger partial charge >= 0.3 is 5.88 Å². The van der Waals surface area contributed by atoms with Gasteiger partial charge in [-0.25, -0.2) is 0 Å². The van der Waals surface area contributed by atoms with Gasteiger partial charge in [-0.05, 0) is 30.3 Å². The van der Waals surface area contributed by atoms with E-state index in [1.165, 1.54) is 11.0 Å². The second-order valence-electron chi connectivity index (χ2n) is 5.84. The molecule has 2 aromatic rings. The van der Waals surface area contributed by atoms with Crippen LogP contribution in [-0.2, 0) is 0 Å². The van der Waals surface area contributed by atoms with E-state index in [1.807, 2.05) is 24.3 Å². The molecule has 1 saturated heterocycles. The van der Waals surface area contributed by atoms with Crippen LogP contribution < -0.4 is 15.1 Å². The summed E-state index contributed by atoms with van der Waals surface area (Å²) in [5.74, 6) is -1.06. The largest absolute Gasteiger partial charge is 0.433 e. The van der Waals surface area contributed by atoms with Gasteiger partial charge in [0.25, 0.3) is 5.91 Å². The molecule has 1 amide bonds. The van der Waals surface area contributed by atoms with Crippen LogP contribution in [-0.4, -0.2) is 44.1 Å². The number of anilines is 2. The Hall–Kier alpha value is -2.87. The van der Waals surface area contributed by atoms with Gasteiger partial charge in [0.2, 0.25) is 0 Å². The van der Waals surface area contributed by atoms with Crippen molar-refractivity contribution < 1.29 is 19.0 Å². The number of amides is 1. The zero-order valence-electron chi connectivity index (χ0n) is 13.3. The monoisotopic (exact) mass is 331 g/mol. The summed E-state index contributed by atoms with van der Waals surface area (Å²) in [6.07, 6.45) is 0. The first-order valence-corrected chi connectivity index (χ1v) is 7.75. The fourth-order valence-corrected chi connectivity index (χ4v) is 2.64. The maximum absolute atomic E-state index is 12.0. The number of carbonyl (C=O) groups is 1. The summed E-state index contributed by atoms with van der Waals surface area (Å²) in [6.45, 7) is 4.23. The zero-order valence-corrected chi connectivity index (χ0v) is 13.3. The standard InChI is InChI=1S/C16H18N4O4/c1-18-8-10-19(11-9-18)13-4-2-12(3-5-13)17-16(21)14-6-7-15(24-14)20(22)23/h2-7H,8-11H2,1H3,(H,17,21)/p+1. The molecule has 24 heavy (non-hydrogen) atoms. The SMILES string of the molecule is C[NH+]1CCN(c2ccc(NC(=O)c3ccc([N+](=O)[O-])o3)cc2)CC1. The molecule has 0 aliphatic carbocycles. The number of nitrogens with zero attached hydrogens (tertiary/aromatic N) is 2. The van der Waals surface area contributed by atoms with Crippen molar-refractivity contribution in [2.45, 2.75) is 0 Å². The molecule has 0 spiro atoms. The minimum Gasteiger partial charge on any atom is -0.395 e. The summed E-state index contributed by atoms with van der Waals surface area (Å²) < 4.78 is 4.89. The lowest BCUT2D eigenvalue weighted by Gasteiger charge is -2.31. The number of benzene rings is 1. The van der Waals surface area contributed by atoms with E-state index in [-0.39, 0.29) is 5.76 Å². The zero-order chi connectivity index (χ0) is 17.1. The Kier molecular flexibility index (Phi) is 4.48. The first kappa shape index (κ1) is 16.0. The van der Waals surface area contributed by atoms with E-state index in [4.69, 9.17) is 4.42 Å². The average Bonchev–Trinajstić information content (AvgIpc) is 3.07. The molecule has 0 bridgehead atoms. The second-order valence-corrected chi connectivity index (χ2v) is 5.84. The third-order valence-corrected chi connectivity index (χ3v) is 4.10. The smallest absolute Gasteiger partial charge is 0.395 e. The molecule has 0 saturated carbocycles. The number of likely N-dealkylation sites (N-methyl/N-ethyl adjacent to an activating group) is 1. The maximum atomic E-state index is 12.0. The lowest BCUT2D eigenvalue weighted by atomic mass is 10.2. The van der Waals surface area contributed by atoms with Crippen molar-refractivity contribution in [1.82, 2.24) is 0 Å². The Morgan fingerprint density at radius 2 is 1.88 bits per heavy atom. The van der Waals surface area contributed by atoms with Crippen molar-refractivity contribution >= 4 is 23.2 Å². The van der Waals surface area contributed by atoms with Crippen LogP contribution in [0.4, 0.5) is 17.3 Å². The Labute approximate surface area is 138 Å². The van der Waals surface area contributed by atoms with Crippen LogP contribution in [0.5, 0.6) is 0 Å². The summed E-state index contributed by atoms with van der Waals surface area (Å²) in [5, 5.41) is 13.2. The lowest BCUT2D eigenvalue weighted by Crippen LogP contribution is -3.12. The van der Waals surface area contributed by atoms with E-state index in [9.17, 15) is 14.9 Å². The normalized spacial score (nSPS) is 15.3. The number of nitrogens with one attached hydrogen (secondary N) is 2. The summed E-state index contributed by atoms with van der Waals surface area (Å²) >= 11 is 0. The van der Waals surface area contributed by atoms with Crippen molar-refractivity contribution in [2.75, 3.05) is 43.4 Å². The fraction of sp³-hybridized carbons (Fsp3) is 0.312. The van der Waals surface area contributed by atoms with Crippen molar-refractivity contribution in [3.8, 4) is 0 Å². The number of nitro groups is 1. The number of furan rings is 1. The maximum Gasteiger partial charge on any atom is 0.433 e. The molecule has 0 unspecified atom stereocenters. The molecule has 0 atom stereocenters. The number of hydrogen-bond acceptors (Lipinski definition) is 5. The minimum absolute atomic E-state index is 0.0900. The molecular weight excluding hydrogens is 312 g/mol. The van der Waals surface area contributed by atoms with Gasteiger partial charge in [-0.2, -0.15) is 0 Å². The van der Waals surface area contributed by atoms with E-state index in [1.54, 1.807) is 0 Å². The number of piperazine rings is 1. The van der Waals surface area contributed by atoms with Crippen LogP contribution in [0.25, 0.3) is 0 Å². The highest BCUT2D eigenvalue weighted by Gasteiger charge is 2.18. The number of rotatable bonds is 4. The molecule has 2 heterocycles. The van der Waals surface area contributed by atoms with Crippen molar-refractivity contribution in [1.29, 1.82) is 0 Å². The Morgan fingerprint density at radius 1 is 1.21 bits per heavy atom. The van der Waals surface area contributed by atoms with Gasteiger partial charge in [-0.3, -0.25) is 14.9 Å². The fourth-order valence-electron chi connectivity index (χ4n) is 2.64. The van der Waals surface area contributed by atoms with Gasteiger partial charge in [0, 0.05) is 11.4 Å². The summed E-state index contributed by atoms with van der Waals surface area (Å²) in [5.41, 5.74) is 1.73. The molecule has 1 aliphatic rings. The molecule has 0 radical (unpaired) electrons. The van der Waals surface area contributed by atoms with Gasteiger partial charge in [-0.15, -0.1) is 0 Å². The van der Waals surface area contributed by atoms with E-state index in [0.29, 0.717) is 5.69 Å². The van der Waals surface area contributed by atoms with Gasteiger partial charge < -0.3 is 19.5 Å². The predicted octanol–water partition coefficient (Wildman–Crippen LogP) is 0.775. The quantitative estimate of drug-likeness (QED) is 0.638. The molecule has 2 N–H and O–H groups in total. The van der Waals surface area contributed by atoms with Crippen LogP contribution in [0.15, 0.2) is 40.8 Å². The van der Waals surface area contributed by atoms with Crippen LogP contribution in [0, 0.1) is 10.1 Å². The number of hydrogen-bond donors (Lipinski definition) is 2. The highest BCUT2D eigenvalue weighted by atomic mass is 16.6. The highest BCUT2D eigenvalue weighted by molar-refractivity contribution is 6.02. The Balaban J connectivity index is 1.63. The first-order valence-electron chi connectivity index (χ1n) is 7.75. The van der Waals surface area contributed by atoms with E-state index < -0.39 is 16.7 Å². The predicted molar refractivity (Wildman–Crippen MR) is 88.6 cm³/mol. The van der Waals surface area contributed by atoms with Crippen molar-refractivity contribution in [3.05, 3.63) is 52.3 Å². The highest BCUT2D eigenvalue weighted by Crippen LogP contribution is 2.20. The molecule has 1 aliphatic heterocycles. The minimum atomic E-state index is -0.677. The summed E-state index contributed by atoms with van der Waals surface area (Å²) in [4.78, 5) is 25.8. The first-order chi connectivity index (χ1) is 11.5. The van der Waals surface area contributed by atoms with Crippen LogP contribution >= 0.6 is 0 Å². The van der Waals surface area contributed by atoms with Crippen LogP contribution in [0.2, 0.25) is 0 Å². The van der Waals surface area contributed by atoms with Crippen molar-refractivity contribution in [3.63, 3.8) is 0 Å². The van der Waals surface area contributed by atoms with Crippen LogP contribution in [0.1, 0.15) is 10.6 Å². The van der Waals surface area contributed by atoms with Crippen LogP contribution in [0.3, 0.4) is 0 Å². The van der Waals surface area contributed by atoms with Gasteiger partial charge in [-0.1, -0.05) is 0 Å². The van der Waals surface area contributed by atoms with Crippen molar-refractivity contribution in [2.24, 2.45) is 0 Å². The summed E-state index contributed by atoms with van der Waals surface area (Å²) in [7, 11) is 2.19. The molecule has 1 aromatic heterocycles. The van der Waals surface area contributed by atoms with Gasteiger partial charge in [0.1, 0.15) is 4.92 Å². The van der Waals surface area contributed by atoms with E-state index >= 15 is 0 Å². The third kappa shape index (κ3) is 3.54. The van der Waals surface area contributed by atoms with Gasteiger partial charge in [0.15, 0.2) is 5.76 Å². The second kappa shape index (κ2) is 6.71. The molecule has 1 aromatic carbocycles. The number of quaternary nitrogens is 1. The molecule has 126 valence electrons. The molecular formula is C16H19N4O4+. The van der Waals surface area contributed by atoms with E-state index in [2.05, 4.69) is 17.3 Å². The Morgan fingerprint density at radius 3 is 2.46 bits per heavy atom. The van der Waals surface area contributed by atoms with E-state index in [0.717, 1.165) is 37.9 Å². The summed E-state index contributed by atoms with van der Waals surface area (Å²) in [6, 6.07) is 10.00. The lowest BCUT2D eigenvalue weighted by molar-refractivity contribution is -0.880. The topological polar surface area (TPSA) is 93.1 Å². The molecule has 8 nitrogen and oxygen atoms in total. The third-order valence-electron chi connectivity index (χ3n) is 4.10. The Bertz CT molecular complexity index is 733. The number of carbonyl (C=O) groups excluding carboxylic acids is 1. The molecule has 3 rings (SSSR count).